The molecule has 9 heteroatoms. The van der Waals surface area contributed by atoms with E-state index < -0.39 is 33.8 Å². The van der Waals surface area contributed by atoms with Crippen LogP contribution < -0.4 is 4.74 Å². The lowest BCUT2D eigenvalue weighted by Crippen LogP contribution is -2.12. The SMILES string of the molecule is COC(=O)COc1cc([N+](=O)[O-])cc([N+](=O)[O-])c1. The molecule has 1 aromatic rings. The van der Waals surface area contributed by atoms with Gasteiger partial charge in [0.25, 0.3) is 11.4 Å². The highest BCUT2D eigenvalue weighted by atomic mass is 16.6. The van der Waals surface area contributed by atoms with Gasteiger partial charge in [-0.25, -0.2) is 4.79 Å². The van der Waals surface area contributed by atoms with Crippen LogP contribution in [-0.4, -0.2) is 29.5 Å². The topological polar surface area (TPSA) is 122 Å². The monoisotopic (exact) mass is 256 g/mol. The van der Waals surface area contributed by atoms with E-state index in [1.165, 1.54) is 0 Å². The van der Waals surface area contributed by atoms with Crippen LogP contribution in [0.4, 0.5) is 11.4 Å². The van der Waals surface area contributed by atoms with Crippen LogP contribution in [0.5, 0.6) is 5.75 Å². The van der Waals surface area contributed by atoms with Crippen LogP contribution in [0.2, 0.25) is 0 Å². The first kappa shape index (κ1) is 13.4. The zero-order valence-electron chi connectivity index (χ0n) is 9.19. The minimum atomic E-state index is -0.794. The smallest absolute Gasteiger partial charge is 0.343 e. The third-order valence-electron chi connectivity index (χ3n) is 1.88. The van der Waals surface area contributed by atoms with E-state index in [0.29, 0.717) is 0 Å². The predicted molar refractivity (Wildman–Crippen MR) is 57.3 cm³/mol. The van der Waals surface area contributed by atoms with Crippen LogP contribution in [0.25, 0.3) is 0 Å². The van der Waals surface area contributed by atoms with Gasteiger partial charge in [-0.2, -0.15) is 0 Å². The van der Waals surface area contributed by atoms with Gasteiger partial charge in [-0.05, 0) is 0 Å². The number of hydrogen-bond donors (Lipinski definition) is 0. The van der Waals surface area contributed by atoms with Crippen molar-refractivity contribution >= 4 is 17.3 Å². The first-order valence-electron chi connectivity index (χ1n) is 4.57. The van der Waals surface area contributed by atoms with Gasteiger partial charge < -0.3 is 9.47 Å². The maximum absolute atomic E-state index is 10.8. The highest BCUT2D eigenvalue weighted by Gasteiger charge is 2.17. The molecule has 0 bridgehead atoms. The van der Waals surface area contributed by atoms with Crippen LogP contribution in [0.15, 0.2) is 18.2 Å². The summed E-state index contributed by atoms with van der Waals surface area (Å²) in [7, 11) is 1.14. The van der Waals surface area contributed by atoms with Crippen molar-refractivity contribution in [2.45, 2.75) is 0 Å². The Bertz CT molecular complexity index is 467. The molecular weight excluding hydrogens is 248 g/mol. The van der Waals surface area contributed by atoms with Gasteiger partial charge in [-0.1, -0.05) is 0 Å². The Labute approximate surface area is 100 Å². The lowest BCUT2D eigenvalue weighted by Gasteiger charge is -2.04. The van der Waals surface area contributed by atoms with E-state index in [2.05, 4.69) is 4.74 Å². The van der Waals surface area contributed by atoms with E-state index >= 15 is 0 Å². The summed E-state index contributed by atoms with van der Waals surface area (Å²) in [5, 5.41) is 21.1. The van der Waals surface area contributed by atoms with Gasteiger partial charge in [0.1, 0.15) is 5.75 Å². The molecule has 0 atom stereocenters. The molecule has 0 radical (unpaired) electrons. The molecule has 0 aromatic heterocycles. The number of ether oxygens (including phenoxy) is 2. The van der Waals surface area contributed by atoms with Gasteiger partial charge in [-0.15, -0.1) is 0 Å². The molecule has 9 nitrogen and oxygen atoms in total. The molecule has 0 aliphatic heterocycles. The van der Waals surface area contributed by atoms with E-state index in [0.717, 1.165) is 25.3 Å². The Morgan fingerprint density at radius 1 is 1.17 bits per heavy atom. The number of hydrogen-bond acceptors (Lipinski definition) is 7. The van der Waals surface area contributed by atoms with Crippen LogP contribution in [0.3, 0.4) is 0 Å². The Morgan fingerprint density at radius 2 is 1.67 bits per heavy atom. The van der Waals surface area contributed by atoms with Crippen molar-refractivity contribution in [2.24, 2.45) is 0 Å². The molecule has 0 aliphatic carbocycles. The second-order valence-corrected chi connectivity index (χ2v) is 3.06. The molecule has 96 valence electrons. The minimum absolute atomic E-state index is 0.152. The van der Waals surface area contributed by atoms with Crippen molar-refractivity contribution in [3.63, 3.8) is 0 Å². The zero-order valence-corrected chi connectivity index (χ0v) is 9.19. The van der Waals surface area contributed by atoms with Gasteiger partial charge in [0.2, 0.25) is 0 Å². The molecule has 18 heavy (non-hydrogen) atoms. The number of nitrogens with zero attached hydrogens (tertiary/aromatic N) is 2. The predicted octanol–water partition coefficient (Wildman–Crippen LogP) is 1.05. The van der Waals surface area contributed by atoms with Crippen molar-refractivity contribution in [3.05, 3.63) is 38.4 Å². The first-order chi connectivity index (χ1) is 8.43. The minimum Gasteiger partial charge on any atom is -0.481 e. The van der Waals surface area contributed by atoms with E-state index in [9.17, 15) is 25.0 Å². The average Bonchev–Trinajstić information content (AvgIpc) is 2.35. The van der Waals surface area contributed by atoms with Crippen molar-refractivity contribution in [1.82, 2.24) is 0 Å². The highest BCUT2D eigenvalue weighted by Crippen LogP contribution is 2.27. The number of benzene rings is 1. The first-order valence-corrected chi connectivity index (χ1v) is 4.57. The summed E-state index contributed by atoms with van der Waals surface area (Å²) in [6.07, 6.45) is 0. The standard InChI is InChI=1S/C9H8N2O7/c1-17-9(12)5-18-8-3-6(10(13)14)2-7(4-8)11(15)16/h2-4H,5H2,1H3. The van der Waals surface area contributed by atoms with Crippen molar-refractivity contribution in [2.75, 3.05) is 13.7 Å². The second kappa shape index (κ2) is 5.57. The maximum atomic E-state index is 10.8. The van der Waals surface area contributed by atoms with E-state index in [1.54, 1.807) is 0 Å². The molecule has 0 saturated carbocycles. The van der Waals surface area contributed by atoms with E-state index in [4.69, 9.17) is 4.74 Å². The van der Waals surface area contributed by atoms with Crippen molar-refractivity contribution < 1.29 is 24.1 Å². The molecule has 0 fully saturated rings. The van der Waals surface area contributed by atoms with Gasteiger partial charge in [0, 0.05) is 0 Å². The van der Waals surface area contributed by atoms with Crippen molar-refractivity contribution in [1.29, 1.82) is 0 Å². The number of carbonyl (C=O) groups excluding carboxylic acids is 1. The molecule has 0 amide bonds. The maximum Gasteiger partial charge on any atom is 0.343 e. The van der Waals surface area contributed by atoms with Gasteiger partial charge >= 0.3 is 5.97 Å². The third kappa shape index (κ3) is 3.40. The normalized spacial score (nSPS) is 9.61. The summed E-state index contributed by atoms with van der Waals surface area (Å²) >= 11 is 0. The summed E-state index contributed by atoms with van der Waals surface area (Å²) < 4.78 is 9.15. The number of carbonyl (C=O) groups is 1. The molecule has 0 heterocycles. The lowest BCUT2D eigenvalue weighted by molar-refractivity contribution is -0.394. The Morgan fingerprint density at radius 3 is 2.06 bits per heavy atom. The number of esters is 1. The molecule has 1 rings (SSSR count). The molecule has 0 aliphatic rings. The lowest BCUT2D eigenvalue weighted by atomic mass is 10.2. The molecule has 0 spiro atoms. The zero-order chi connectivity index (χ0) is 13.7. The number of nitro groups is 2. The molecule has 0 unspecified atom stereocenters. The summed E-state index contributed by atoms with van der Waals surface area (Å²) in [6, 6.07) is 2.76. The summed E-state index contributed by atoms with van der Waals surface area (Å²) in [6.45, 7) is -0.491. The Balaban J connectivity index is 3.00. The van der Waals surface area contributed by atoms with Crippen molar-refractivity contribution in [3.8, 4) is 5.75 Å². The molecule has 1 aromatic carbocycles. The number of nitro benzene ring substituents is 2. The number of rotatable bonds is 5. The van der Waals surface area contributed by atoms with Crippen LogP contribution in [0, 0.1) is 20.2 Å². The number of methoxy groups -OCH3 is 1. The molecule has 0 N–H and O–H groups in total. The van der Waals surface area contributed by atoms with Gasteiger partial charge in [-0.3, -0.25) is 20.2 Å². The summed E-state index contributed by atoms with van der Waals surface area (Å²) in [5.74, 6) is -0.856. The fourth-order valence-corrected chi connectivity index (χ4v) is 1.06. The van der Waals surface area contributed by atoms with Crippen LogP contribution in [0.1, 0.15) is 0 Å². The average molecular weight is 256 g/mol. The van der Waals surface area contributed by atoms with Gasteiger partial charge in [0.15, 0.2) is 6.61 Å². The Kier molecular flexibility index (Phi) is 4.13. The van der Waals surface area contributed by atoms with E-state index in [1.807, 2.05) is 0 Å². The second-order valence-electron chi connectivity index (χ2n) is 3.06. The largest absolute Gasteiger partial charge is 0.481 e. The summed E-state index contributed by atoms with van der Waals surface area (Å²) in [5.41, 5.74) is -0.992. The van der Waals surface area contributed by atoms with Crippen LogP contribution >= 0.6 is 0 Å². The summed E-state index contributed by atoms with van der Waals surface area (Å²) in [4.78, 5) is 30.3. The molecular formula is C9H8N2O7. The Hall–Kier alpha value is -2.71. The highest BCUT2D eigenvalue weighted by molar-refractivity contribution is 5.71. The molecule has 0 saturated heterocycles. The van der Waals surface area contributed by atoms with Gasteiger partial charge in [0.05, 0.1) is 35.2 Å². The third-order valence-corrected chi connectivity index (χ3v) is 1.88. The van der Waals surface area contributed by atoms with E-state index in [-0.39, 0.29) is 5.75 Å². The fourth-order valence-electron chi connectivity index (χ4n) is 1.06. The fraction of sp³-hybridized carbons (Fsp3) is 0.222. The quantitative estimate of drug-likeness (QED) is 0.438. The number of non-ortho nitro benzene ring substituents is 2. The van der Waals surface area contributed by atoms with Crippen LogP contribution in [-0.2, 0) is 9.53 Å².